The minimum Gasteiger partial charge on any atom is -0.344 e. The van der Waals surface area contributed by atoms with Crippen LogP contribution >= 0.6 is 0 Å². The summed E-state index contributed by atoms with van der Waals surface area (Å²) in [6.07, 6.45) is 8.41. The maximum Gasteiger partial charge on any atom is 0.255 e. The van der Waals surface area contributed by atoms with E-state index in [4.69, 9.17) is 4.98 Å². The van der Waals surface area contributed by atoms with Crippen molar-refractivity contribution in [2.45, 2.75) is 44.9 Å². The lowest BCUT2D eigenvalue weighted by Gasteiger charge is -2.22. The molecule has 1 aliphatic carbocycles. The molecule has 0 saturated heterocycles. The highest BCUT2D eigenvalue weighted by molar-refractivity contribution is 6.04. The molecular weight excluding hydrogens is 406 g/mol. The zero-order valence-electron chi connectivity index (χ0n) is 19.0. The van der Waals surface area contributed by atoms with Crippen LogP contribution in [0, 0.1) is 6.92 Å². The molecule has 1 fully saturated rings. The Morgan fingerprint density at radius 2 is 1.70 bits per heavy atom. The third kappa shape index (κ3) is 4.75. The van der Waals surface area contributed by atoms with Crippen molar-refractivity contribution in [3.05, 3.63) is 95.7 Å². The highest BCUT2D eigenvalue weighted by Crippen LogP contribution is 2.33. The molecule has 5 rings (SSSR count). The molecule has 1 aliphatic rings. The van der Waals surface area contributed by atoms with Crippen LogP contribution < -0.4 is 5.32 Å². The summed E-state index contributed by atoms with van der Waals surface area (Å²) in [5.41, 5.74) is 6.84. The van der Waals surface area contributed by atoms with Gasteiger partial charge in [-0.3, -0.25) is 4.79 Å². The van der Waals surface area contributed by atoms with Crippen molar-refractivity contribution in [1.82, 2.24) is 9.97 Å². The molecule has 0 spiro atoms. The fraction of sp³-hybridized carbons (Fsp3) is 0.241. The average Bonchev–Trinajstić information content (AvgIpc) is 3.36. The van der Waals surface area contributed by atoms with E-state index in [0.717, 1.165) is 33.9 Å². The van der Waals surface area contributed by atoms with E-state index in [1.807, 2.05) is 66.9 Å². The molecule has 1 saturated carbocycles. The minimum atomic E-state index is -0.0931. The van der Waals surface area contributed by atoms with Crippen LogP contribution in [0.3, 0.4) is 0 Å². The lowest BCUT2D eigenvalue weighted by Crippen LogP contribution is -2.12. The van der Waals surface area contributed by atoms with Gasteiger partial charge in [-0.15, -0.1) is 0 Å². The summed E-state index contributed by atoms with van der Waals surface area (Å²) in [7, 11) is 0. The lowest BCUT2D eigenvalue weighted by atomic mass is 9.84. The highest BCUT2D eigenvalue weighted by Gasteiger charge is 2.16. The van der Waals surface area contributed by atoms with Gasteiger partial charge >= 0.3 is 0 Å². The number of carbonyl (C=O) groups is 1. The summed E-state index contributed by atoms with van der Waals surface area (Å²) in [6.45, 7) is 2.05. The van der Waals surface area contributed by atoms with Gasteiger partial charge < -0.3 is 10.3 Å². The molecule has 1 heterocycles. The first kappa shape index (κ1) is 21.2. The van der Waals surface area contributed by atoms with Gasteiger partial charge in [0.05, 0.1) is 5.69 Å². The fourth-order valence-electron chi connectivity index (χ4n) is 4.72. The van der Waals surface area contributed by atoms with Crippen LogP contribution in [-0.4, -0.2) is 15.9 Å². The van der Waals surface area contributed by atoms with E-state index in [1.54, 1.807) is 0 Å². The Kier molecular flexibility index (Phi) is 6.07. The molecule has 33 heavy (non-hydrogen) atoms. The van der Waals surface area contributed by atoms with Crippen molar-refractivity contribution in [3.8, 4) is 22.6 Å². The third-order valence-electron chi connectivity index (χ3n) is 6.65. The average molecular weight is 436 g/mol. The molecule has 0 unspecified atom stereocenters. The lowest BCUT2D eigenvalue weighted by molar-refractivity contribution is 0.102. The van der Waals surface area contributed by atoms with Gasteiger partial charge in [0, 0.05) is 28.6 Å². The van der Waals surface area contributed by atoms with Gasteiger partial charge in [-0.2, -0.15) is 0 Å². The molecule has 4 nitrogen and oxygen atoms in total. The predicted octanol–water partition coefficient (Wildman–Crippen LogP) is 7.35. The number of imidazole rings is 1. The number of aromatic amines is 1. The number of nitrogens with one attached hydrogen (secondary N) is 2. The number of hydrogen-bond acceptors (Lipinski definition) is 2. The van der Waals surface area contributed by atoms with Crippen molar-refractivity contribution in [2.24, 2.45) is 0 Å². The van der Waals surface area contributed by atoms with Gasteiger partial charge in [0.25, 0.3) is 5.91 Å². The van der Waals surface area contributed by atoms with Crippen LogP contribution in [0.1, 0.15) is 59.5 Å². The van der Waals surface area contributed by atoms with E-state index in [0.29, 0.717) is 11.5 Å². The topological polar surface area (TPSA) is 57.8 Å². The number of hydrogen-bond donors (Lipinski definition) is 2. The monoisotopic (exact) mass is 435 g/mol. The molecule has 0 aliphatic heterocycles. The second kappa shape index (κ2) is 9.45. The second-order valence-electron chi connectivity index (χ2n) is 8.94. The Hall–Kier alpha value is -3.66. The zero-order valence-corrected chi connectivity index (χ0v) is 19.0. The Morgan fingerprint density at radius 3 is 2.45 bits per heavy atom. The summed E-state index contributed by atoms with van der Waals surface area (Å²) < 4.78 is 0. The summed E-state index contributed by atoms with van der Waals surface area (Å²) in [5.74, 6) is 1.34. The van der Waals surface area contributed by atoms with Crippen molar-refractivity contribution in [2.75, 3.05) is 5.32 Å². The van der Waals surface area contributed by atoms with Crippen LogP contribution in [0.5, 0.6) is 0 Å². The number of rotatable bonds is 5. The standard InChI is InChI=1S/C29H29N3O/c1-20-12-17-25(18-26(20)28-30-19-27(32-28)23-10-6-3-7-11-23)31-29(33)24-15-13-22(14-16-24)21-8-4-2-5-9-21/h3,6-7,10-19,21H,2,4-5,8-9H2,1H3,(H,30,32)(H,31,33). The molecule has 4 heteroatoms. The molecule has 4 aromatic rings. The van der Waals surface area contributed by atoms with E-state index >= 15 is 0 Å². The molecule has 1 amide bonds. The SMILES string of the molecule is Cc1ccc(NC(=O)c2ccc(C3CCCCC3)cc2)cc1-c1nc(-c2ccccc2)c[nH]1. The Balaban J connectivity index is 1.32. The van der Waals surface area contributed by atoms with E-state index in [9.17, 15) is 4.79 Å². The number of anilines is 1. The number of aryl methyl sites for hydroxylation is 1. The fourth-order valence-corrected chi connectivity index (χ4v) is 4.72. The molecular formula is C29H29N3O. The van der Waals surface area contributed by atoms with Crippen LogP contribution in [0.4, 0.5) is 5.69 Å². The van der Waals surface area contributed by atoms with E-state index in [-0.39, 0.29) is 5.91 Å². The molecule has 3 aromatic carbocycles. The molecule has 0 atom stereocenters. The third-order valence-corrected chi connectivity index (χ3v) is 6.65. The van der Waals surface area contributed by atoms with Gasteiger partial charge in [-0.05, 0) is 61.1 Å². The number of nitrogens with zero attached hydrogens (tertiary/aromatic N) is 1. The van der Waals surface area contributed by atoms with E-state index in [1.165, 1.54) is 37.7 Å². The minimum absolute atomic E-state index is 0.0931. The molecule has 0 radical (unpaired) electrons. The maximum absolute atomic E-state index is 12.9. The summed E-state index contributed by atoms with van der Waals surface area (Å²) in [6, 6.07) is 24.2. The molecule has 166 valence electrons. The Morgan fingerprint density at radius 1 is 0.939 bits per heavy atom. The van der Waals surface area contributed by atoms with Crippen LogP contribution in [0.2, 0.25) is 0 Å². The number of H-pyrrole nitrogens is 1. The smallest absolute Gasteiger partial charge is 0.255 e. The Labute approximate surface area is 195 Å². The number of benzene rings is 3. The first-order chi connectivity index (χ1) is 16.2. The number of amides is 1. The van der Waals surface area contributed by atoms with Crippen molar-refractivity contribution < 1.29 is 4.79 Å². The molecule has 2 N–H and O–H groups in total. The van der Waals surface area contributed by atoms with Gasteiger partial charge in [0.15, 0.2) is 0 Å². The second-order valence-corrected chi connectivity index (χ2v) is 8.94. The van der Waals surface area contributed by atoms with Crippen molar-refractivity contribution in [1.29, 1.82) is 0 Å². The van der Waals surface area contributed by atoms with Crippen LogP contribution in [0.15, 0.2) is 79.0 Å². The number of carbonyl (C=O) groups excluding carboxylic acids is 1. The maximum atomic E-state index is 12.9. The Bertz CT molecular complexity index is 1240. The van der Waals surface area contributed by atoms with Crippen LogP contribution in [-0.2, 0) is 0 Å². The van der Waals surface area contributed by atoms with Gasteiger partial charge in [-0.1, -0.05) is 67.8 Å². The van der Waals surface area contributed by atoms with E-state index < -0.39 is 0 Å². The largest absolute Gasteiger partial charge is 0.344 e. The first-order valence-corrected chi connectivity index (χ1v) is 11.8. The van der Waals surface area contributed by atoms with Crippen molar-refractivity contribution >= 4 is 11.6 Å². The normalized spacial score (nSPS) is 14.2. The summed E-state index contributed by atoms with van der Waals surface area (Å²) in [5, 5.41) is 3.05. The van der Waals surface area contributed by atoms with Gasteiger partial charge in [0.2, 0.25) is 0 Å². The summed E-state index contributed by atoms with van der Waals surface area (Å²) in [4.78, 5) is 21.0. The molecule has 0 bridgehead atoms. The predicted molar refractivity (Wildman–Crippen MR) is 134 cm³/mol. The highest BCUT2D eigenvalue weighted by atomic mass is 16.1. The van der Waals surface area contributed by atoms with E-state index in [2.05, 4.69) is 29.4 Å². The molecule has 1 aromatic heterocycles. The van der Waals surface area contributed by atoms with Crippen molar-refractivity contribution in [3.63, 3.8) is 0 Å². The quantitative estimate of drug-likeness (QED) is 0.344. The zero-order chi connectivity index (χ0) is 22.6. The van der Waals surface area contributed by atoms with Gasteiger partial charge in [-0.25, -0.2) is 4.98 Å². The van der Waals surface area contributed by atoms with Gasteiger partial charge in [0.1, 0.15) is 5.82 Å². The number of aromatic nitrogens is 2. The van der Waals surface area contributed by atoms with Crippen LogP contribution in [0.25, 0.3) is 22.6 Å². The summed E-state index contributed by atoms with van der Waals surface area (Å²) >= 11 is 0. The first-order valence-electron chi connectivity index (χ1n) is 11.8.